The molecule has 0 spiro atoms. The van der Waals surface area contributed by atoms with Crippen LogP contribution < -0.4 is 5.32 Å². The number of unbranched alkanes of at least 4 members (excludes halogenated alkanes) is 1. The zero-order chi connectivity index (χ0) is 20.4. The third-order valence-electron chi connectivity index (χ3n) is 5.99. The van der Waals surface area contributed by atoms with E-state index in [0.717, 1.165) is 72.5 Å². The van der Waals surface area contributed by atoms with Crippen LogP contribution in [-0.2, 0) is 6.54 Å². The Morgan fingerprint density at radius 1 is 1.14 bits per heavy atom. The lowest BCUT2D eigenvalue weighted by Gasteiger charge is -2.20. The number of amides is 1. The van der Waals surface area contributed by atoms with Crippen LogP contribution in [0.15, 0.2) is 36.7 Å². The van der Waals surface area contributed by atoms with Crippen molar-refractivity contribution >= 4 is 28.3 Å². The molecule has 29 heavy (non-hydrogen) atoms. The summed E-state index contributed by atoms with van der Waals surface area (Å²) < 4.78 is 2.29. The summed E-state index contributed by atoms with van der Waals surface area (Å²) in [5, 5.41) is 4.65. The van der Waals surface area contributed by atoms with Crippen LogP contribution in [0.5, 0.6) is 0 Å². The van der Waals surface area contributed by atoms with Crippen molar-refractivity contribution in [3.05, 3.63) is 53.3 Å². The third kappa shape index (κ3) is 3.74. The van der Waals surface area contributed by atoms with Gasteiger partial charge in [0.1, 0.15) is 5.82 Å². The number of likely N-dealkylation sites (tertiary alicyclic amines) is 1. The smallest absolute Gasteiger partial charge is 0.254 e. The first-order chi connectivity index (χ1) is 14.1. The summed E-state index contributed by atoms with van der Waals surface area (Å²) in [6, 6.07) is 8.20. The summed E-state index contributed by atoms with van der Waals surface area (Å²) in [5.74, 6) is 0.981. The van der Waals surface area contributed by atoms with Crippen LogP contribution in [0.4, 0.5) is 11.5 Å². The minimum absolute atomic E-state index is 0.139. The van der Waals surface area contributed by atoms with E-state index in [2.05, 4.69) is 47.0 Å². The Labute approximate surface area is 172 Å². The molecule has 5 nitrogen and oxygen atoms in total. The number of hydrogen-bond donors (Lipinski definition) is 1. The Hall–Kier alpha value is -2.82. The van der Waals surface area contributed by atoms with Gasteiger partial charge in [0.05, 0.1) is 5.52 Å². The van der Waals surface area contributed by atoms with Gasteiger partial charge in [-0.05, 0) is 62.4 Å². The Balaban J connectivity index is 1.68. The largest absolute Gasteiger partial charge is 0.347 e. The van der Waals surface area contributed by atoms with Gasteiger partial charge in [0.15, 0.2) is 0 Å². The van der Waals surface area contributed by atoms with E-state index < -0.39 is 0 Å². The van der Waals surface area contributed by atoms with E-state index in [1.54, 1.807) is 0 Å². The number of nitrogens with zero attached hydrogens (tertiary/aromatic N) is 3. The van der Waals surface area contributed by atoms with Gasteiger partial charge in [-0.2, -0.15) is 0 Å². The third-order valence-corrected chi connectivity index (χ3v) is 5.99. The molecule has 1 amide bonds. The number of aryl methyl sites for hydroxylation is 2. The molecule has 1 aliphatic heterocycles. The van der Waals surface area contributed by atoms with E-state index >= 15 is 0 Å². The molecule has 4 rings (SSSR count). The van der Waals surface area contributed by atoms with E-state index in [0.29, 0.717) is 0 Å². The fourth-order valence-electron chi connectivity index (χ4n) is 4.23. The van der Waals surface area contributed by atoms with E-state index in [1.165, 1.54) is 11.9 Å². The van der Waals surface area contributed by atoms with Gasteiger partial charge in [-0.1, -0.05) is 19.4 Å². The summed E-state index contributed by atoms with van der Waals surface area (Å²) in [4.78, 5) is 19.6. The van der Waals surface area contributed by atoms with Gasteiger partial charge < -0.3 is 14.8 Å². The summed E-state index contributed by atoms with van der Waals surface area (Å²) in [6.07, 6.45) is 8.53. The minimum Gasteiger partial charge on any atom is -0.347 e. The number of fused-ring (bicyclic) bond motifs is 1. The summed E-state index contributed by atoms with van der Waals surface area (Å²) in [7, 11) is 0. The molecule has 0 unspecified atom stereocenters. The van der Waals surface area contributed by atoms with Crippen LogP contribution in [0.1, 0.15) is 54.1 Å². The lowest BCUT2D eigenvalue weighted by Crippen LogP contribution is -2.28. The van der Waals surface area contributed by atoms with Crippen LogP contribution >= 0.6 is 0 Å². The molecule has 0 saturated carbocycles. The molecule has 5 heteroatoms. The molecule has 1 fully saturated rings. The number of benzene rings is 1. The second-order valence-corrected chi connectivity index (χ2v) is 8.01. The number of aromatic nitrogens is 2. The molecule has 3 aromatic rings. The van der Waals surface area contributed by atoms with Crippen molar-refractivity contribution in [3.8, 4) is 0 Å². The summed E-state index contributed by atoms with van der Waals surface area (Å²) in [6.45, 7) is 9.06. The van der Waals surface area contributed by atoms with Crippen molar-refractivity contribution in [2.24, 2.45) is 0 Å². The van der Waals surface area contributed by atoms with E-state index in [4.69, 9.17) is 0 Å². The Morgan fingerprint density at radius 3 is 2.69 bits per heavy atom. The van der Waals surface area contributed by atoms with Gasteiger partial charge in [0.25, 0.3) is 5.91 Å². The van der Waals surface area contributed by atoms with Crippen molar-refractivity contribution in [1.29, 1.82) is 0 Å². The van der Waals surface area contributed by atoms with Crippen molar-refractivity contribution in [3.63, 3.8) is 0 Å². The SMILES string of the molecule is CCCCn1ccc2c(Nc3c(C)ccc(C(=O)N4CCCC4)c3C)nccc21. The number of nitrogens with one attached hydrogen (secondary N) is 1. The molecule has 0 atom stereocenters. The van der Waals surface area contributed by atoms with Gasteiger partial charge in [0, 0.05) is 48.7 Å². The van der Waals surface area contributed by atoms with Crippen molar-refractivity contribution in [2.75, 3.05) is 18.4 Å². The molecule has 1 saturated heterocycles. The lowest BCUT2D eigenvalue weighted by atomic mass is 10.0. The maximum atomic E-state index is 13.0. The maximum absolute atomic E-state index is 13.0. The van der Waals surface area contributed by atoms with Gasteiger partial charge >= 0.3 is 0 Å². The van der Waals surface area contributed by atoms with Gasteiger partial charge in [0.2, 0.25) is 0 Å². The second-order valence-electron chi connectivity index (χ2n) is 8.01. The number of hydrogen-bond acceptors (Lipinski definition) is 3. The highest BCUT2D eigenvalue weighted by atomic mass is 16.2. The molecule has 152 valence electrons. The highest BCUT2D eigenvalue weighted by Crippen LogP contribution is 2.31. The lowest BCUT2D eigenvalue weighted by molar-refractivity contribution is 0.0792. The predicted molar refractivity (Wildman–Crippen MR) is 119 cm³/mol. The molecular formula is C24H30N4O. The van der Waals surface area contributed by atoms with Crippen LogP contribution in [0.2, 0.25) is 0 Å². The van der Waals surface area contributed by atoms with Crippen LogP contribution in [0.3, 0.4) is 0 Å². The zero-order valence-corrected chi connectivity index (χ0v) is 17.7. The van der Waals surface area contributed by atoms with Crippen LogP contribution in [0.25, 0.3) is 10.9 Å². The molecule has 0 bridgehead atoms. The highest BCUT2D eigenvalue weighted by Gasteiger charge is 2.22. The number of anilines is 2. The van der Waals surface area contributed by atoms with Crippen molar-refractivity contribution in [1.82, 2.24) is 14.5 Å². The average molecular weight is 391 g/mol. The molecule has 1 N–H and O–H groups in total. The number of rotatable bonds is 6. The quantitative estimate of drug-likeness (QED) is 0.610. The van der Waals surface area contributed by atoms with Gasteiger partial charge in [-0.15, -0.1) is 0 Å². The van der Waals surface area contributed by atoms with E-state index in [-0.39, 0.29) is 5.91 Å². The van der Waals surface area contributed by atoms with Crippen LogP contribution in [-0.4, -0.2) is 33.4 Å². The highest BCUT2D eigenvalue weighted by molar-refractivity contribution is 5.99. The number of carbonyl (C=O) groups excluding carboxylic acids is 1. The van der Waals surface area contributed by atoms with Gasteiger partial charge in [-0.25, -0.2) is 4.98 Å². The first kappa shape index (κ1) is 19.5. The van der Waals surface area contributed by atoms with Crippen molar-refractivity contribution in [2.45, 2.75) is 53.0 Å². The molecular weight excluding hydrogens is 360 g/mol. The first-order valence-electron chi connectivity index (χ1n) is 10.7. The van der Waals surface area contributed by atoms with Crippen LogP contribution in [0, 0.1) is 13.8 Å². The molecule has 1 aliphatic rings. The number of carbonyl (C=O) groups is 1. The fourth-order valence-corrected chi connectivity index (χ4v) is 4.23. The maximum Gasteiger partial charge on any atom is 0.254 e. The molecule has 0 aliphatic carbocycles. The Kier molecular flexibility index (Phi) is 5.56. The molecule has 3 heterocycles. The number of pyridine rings is 1. The van der Waals surface area contributed by atoms with Crippen molar-refractivity contribution < 1.29 is 4.79 Å². The zero-order valence-electron chi connectivity index (χ0n) is 17.7. The van der Waals surface area contributed by atoms with Gasteiger partial charge in [-0.3, -0.25) is 4.79 Å². The second kappa shape index (κ2) is 8.27. The fraction of sp³-hybridized carbons (Fsp3) is 0.417. The Morgan fingerprint density at radius 2 is 1.93 bits per heavy atom. The van der Waals surface area contributed by atoms with E-state index in [1.807, 2.05) is 30.2 Å². The first-order valence-corrected chi connectivity index (χ1v) is 10.7. The topological polar surface area (TPSA) is 50.2 Å². The van der Waals surface area contributed by atoms with E-state index in [9.17, 15) is 4.79 Å². The summed E-state index contributed by atoms with van der Waals surface area (Å²) >= 11 is 0. The Bertz CT molecular complexity index is 1030. The normalized spacial score (nSPS) is 14.0. The molecule has 2 aromatic heterocycles. The molecule has 1 aromatic carbocycles. The summed E-state index contributed by atoms with van der Waals surface area (Å²) in [5.41, 5.74) is 5.07. The standard InChI is InChI=1S/C24H30N4O/c1-4-5-13-27-16-11-20-21(27)10-12-25-23(20)26-22-17(2)8-9-19(18(22)3)24(29)28-14-6-7-15-28/h8-12,16H,4-7,13-15H2,1-3H3,(H,25,26). The monoisotopic (exact) mass is 390 g/mol. The average Bonchev–Trinajstić information content (AvgIpc) is 3.39. The minimum atomic E-state index is 0.139. The predicted octanol–water partition coefficient (Wildman–Crippen LogP) is 5.43. The molecule has 0 radical (unpaired) electrons.